The second kappa shape index (κ2) is 11.1. The van der Waals surface area contributed by atoms with Crippen LogP contribution in [-0.4, -0.2) is 0 Å². The maximum Gasteiger partial charge on any atom is 0.136 e. The summed E-state index contributed by atoms with van der Waals surface area (Å²) >= 11 is 0. The molecule has 0 saturated heterocycles. The third kappa shape index (κ3) is 4.26. The van der Waals surface area contributed by atoms with Crippen molar-refractivity contribution in [1.82, 2.24) is 0 Å². The maximum absolute atomic E-state index is 9.96. The average Bonchev–Trinajstić information content (AvgIpc) is 3.72. The quantitative estimate of drug-likeness (QED) is 0.175. The number of rotatable bonds is 4. The zero-order valence-electron chi connectivity index (χ0n) is 42.4. The normalized spacial score (nSPS) is 16.5. The molecule has 1 aromatic heterocycles. The topological polar surface area (TPSA) is 13.1 Å². The SMILES string of the molecule is [2H]c1c([2H])c([2H])c(-c2c([2H])c([2H])c([2H])c3oc4c([2H])c([2H])c([2H])c(-c5c([2H])c([2H])c(-c6c7ccccc7c(-c7ccccc7)c7ccccc67)c6c([2H])c([2H])c([2H])c([2H])c56)c4c23)c([2H])c1[2H]. The molecule has 0 fully saturated rings. The van der Waals surface area contributed by atoms with Gasteiger partial charge in [0.15, 0.2) is 0 Å². The molecule has 10 rings (SSSR count). The van der Waals surface area contributed by atoms with Crippen molar-refractivity contribution in [3.63, 3.8) is 0 Å². The van der Waals surface area contributed by atoms with Crippen molar-refractivity contribution in [2.75, 3.05) is 0 Å². The Hall–Kier alpha value is -6.44. The molecule has 0 amide bonds. The number of hydrogen-bond donors (Lipinski definition) is 0. The lowest BCUT2D eigenvalue weighted by Crippen LogP contribution is -1.92. The van der Waals surface area contributed by atoms with Gasteiger partial charge < -0.3 is 4.42 Å². The van der Waals surface area contributed by atoms with Crippen LogP contribution in [0.15, 0.2) is 186 Å². The van der Waals surface area contributed by atoms with Crippen LogP contribution in [-0.2, 0) is 0 Å². The van der Waals surface area contributed by atoms with Crippen LogP contribution in [0.25, 0.3) is 98.8 Å². The van der Waals surface area contributed by atoms with E-state index in [4.69, 9.17) is 20.9 Å². The molecule has 0 aliphatic rings. The van der Waals surface area contributed by atoms with Crippen LogP contribution in [0.3, 0.4) is 0 Å². The van der Waals surface area contributed by atoms with E-state index in [1.54, 1.807) is 12.1 Å². The Labute approximate surface area is 308 Å². The summed E-state index contributed by atoms with van der Waals surface area (Å²) in [5.74, 6) is 0. The highest BCUT2D eigenvalue weighted by Crippen LogP contribution is 2.48. The molecule has 0 radical (unpaired) electrons. The average molecular weight is 640 g/mol. The first-order valence-electron chi connectivity index (χ1n) is 24.0. The molecule has 228 valence electrons. The molecule has 0 N–H and O–H groups in total. The fourth-order valence-electron chi connectivity index (χ4n) is 6.89. The molecule has 1 heteroatoms. The van der Waals surface area contributed by atoms with Crippen molar-refractivity contribution in [2.45, 2.75) is 0 Å². The lowest BCUT2D eigenvalue weighted by Gasteiger charge is -2.19. The van der Waals surface area contributed by atoms with Crippen LogP contribution < -0.4 is 0 Å². The van der Waals surface area contributed by atoms with Crippen molar-refractivity contribution in [2.24, 2.45) is 0 Å². The van der Waals surface area contributed by atoms with E-state index in [2.05, 4.69) is 0 Å². The van der Waals surface area contributed by atoms with Crippen molar-refractivity contribution in [3.05, 3.63) is 182 Å². The molecule has 49 heavy (non-hydrogen) atoms. The lowest BCUT2D eigenvalue weighted by atomic mass is 9.83. The van der Waals surface area contributed by atoms with E-state index >= 15 is 0 Å². The highest BCUT2D eigenvalue weighted by molar-refractivity contribution is 6.25. The van der Waals surface area contributed by atoms with Crippen LogP contribution >= 0.6 is 0 Å². The minimum Gasteiger partial charge on any atom is -0.456 e. The monoisotopic (exact) mass is 639 g/mol. The van der Waals surface area contributed by atoms with E-state index in [0.717, 1.165) is 21.9 Å². The molecule has 10 aromatic rings. The summed E-state index contributed by atoms with van der Waals surface area (Å²) in [6, 6.07) is 12.2. The first-order valence-corrected chi connectivity index (χ1v) is 15.5. The summed E-state index contributed by atoms with van der Waals surface area (Å²) in [6.07, 6.45) is 0. The van der Waals surface area contributed by atoms with Gasteiger partial charge in [-0.3, -0.25) is 0 Å². The van der Waals surface area contributed by atoms with Gasteiger partial charge in [-0.25, -0.2) is 0 Å². The molecular weight excluding hydrogens is 593 g/mol. The van der Waals surface area contributed by atoms with Gasteiger partial charge in [0.2, 0.25) is 0 Å². The van der Waals surface area contributed by atoms with Gasteiger partial charge in [0, 0.05) is 10.8 Å². The lowest BCUT2D eigenvalue weighted by molar-refractivity contribution is 0.669. The van der Waals surface area contributed by atoms with Crippen LogP contribution in [0.5, 0.6) is 0 Å². The highest BCUT2D eigenvalue weighted by Gasteiger charge is 2.21. The Morgan fingerprint density at radius 3 is 1.49 bits per heavy atom. The number of benzene rings is 9. The van der Waals surface area contributed by atoms with E-state index in [9.17, 15) is 6.85 Å². The number of fused-ring (bicyclic) bond motifs is 6. The van der Waals surface area contributed by atoms with Crippen LogP contribution in [0, 0.1) is 0 Å². The second-order valence-corrected chi connectivity index (χ2v) is 11.5. The molecule has 0 aliphatic carbocycles. The summed E-state index contributed by atoms with van der Waals surface area (Å²) in [7, 11) is 0. The van der Waals surface area contributed by atoms with E-state index < -0.39 is 136 Å². The Balaban J connectivity index is 1.47. The predicted molar refractivity (Wildman–Crippen MR) is 208 cm³/mol. The highest BCUT2D eigenvalue weighted by atomic mass is 16.3. The van der Waals surface area contributed by atoms with E-state index in [1.807, 2.05) is 66.7 Å². The molecular formula is C48H30O. The van der Waals surface area contributed by atoms with Gasteiger partial charge in [0.1, 0.15) is 11.2 Å². The first-order chi connectivity index (χ1) is 31.4. The molecule has 0 saturated carbocycles. The second-order valence-electron chi connectivity index (χ2n) is 11.5. The summed E-state index contributed by atoms with van der Waals surface area (Å²) in [5, 5.41) is 1.42. The van der Waals surface area contributed by atoms with Crippen molar-refractivity contribution >= 4 is 54.3 Å². The van der Waals surface area contributed by atoms with Gasteiger partial charge >= 0.3 is 0 Å². The Bertz CT molecular complexity index is 3760. The number of furan rings is 1. The molecule has 0 atom stereocenters. The van der Waals surface area contributed by atoms with Crippen molar-refractivity contribution < 1.29 is 27.7 Å². The van der Waals surface area contributed by atoms with Gasteiger partial charge in [0.05, 0.1) is 23.3 Å². The zero-order chi connectivity index (χ0) is 47.1. The fraction of sp³-hybridized carbons (Fsp3) is 0. The standard InChI is InChI=1S/C48H30O/c1-3-15-31(16-4-1)33-25-13-27-43-47(33)48-37(26-14-28-44(48)49-43)36-29-30-42(35-20-8-7-19-34(35)36)46-40-23-11-9-21-38(40)45(32-17-5-2-6-18-32)39-22-10-12-24-41(39)46/h1-30H/i1D,3D,4D,7D,8D,13D,14D,15D,16D,19D,20D,25D,26D,27D,28D,29D,30D. The van der Waals surface area contributed by atoms with E-state index in [-0.39, 0.29) is 27.1 Å². The fourth-order valence-corrected chi connectivity index (χ4v) is 6.89. The Kier molecular flexibility index (Phi) is 3.54. The molecule has 0 bridgehead atoms. The van der Waals surface area contributed by atoms with Crippen LogP contribution in [0.2, 0.25) is 0 Å². The predicted octanol–water partition coefficient (Wildman–Crippen LogP) is 13.7. The van der Waals surface area contributed by atoms with Gasteiger partial charge in [-0.05, 0) is 88.9 Å². The third-order valence-electron chi connectivity index (χ3n) is 8.88. The largest absolute Gasteiger partial charge is 0.456 e. The molecule has 1 nitrogen and oxygen atoms in total. The molecule has 9 aromatic carbocycles. The molecule has 0 aliphatic heterocycles. The summed E-state index contributed by atoms with van der Waals surface area (Å²) < 4.78 is 160. The van der Waals surface area contributed by atoms with E-state index in [1.165, 1.54) is 0 Å². The minimum atomic E-state index is -0.786. The molecule has 1 heterocycles. The van der Waals surface area contributed by atoms with Crippen LogP contribution in [0.4, 0.5) is 0 Å². The third-order valence-corrected chi connectivity index (χ3v) is 8.88. The van der Waals surface area contributed by atoms with E-state index in [0.29, 0.717) is 16.3 Å². The van der Waals surface area contributed by atoms with Gasteiger partial charge in [-0.15, -0.1) is 0 Å². The molecule has 0 spiro atoms. The summed E-state index contributed by atoms with van der Waals surface area (Å²) in [5.41, 5.74) is -0.897. The summed E-state index contributed by atoms with van der Waals surface area (Å²) in [6.45, 7) is 0. The Morgan fingerprint density at radius 2 is 0.837 bits per heavy atom. The minimum absolute atomic E-state index is 0.0265. The van der Waals surface area contributed by atoms with Gasteiger partial charge in [0.25, 0.3) is 0 Å². The maximum atomic E-state index is 9.96. The van der Waals surface area contributed by atoms with Gasteiger partial charge in [-0.2, -0.15) is 0 Å². The Morgan fingerprint density at radius 1 is 0.327 bits per heavy atom. The van der Waals surface area contributed by atoms with Crippen LogP contribution in [0.1, 0.15) is 23.3 Å². The summed E-state index contributed by atoms with van der Waals surface area (Å²) in [4.78, 5) is 0. The van der Waals surface area contributed by atoms with Gasteiger partial charge in [-0.1, -0.05) is 169 Å². The van der Waals surface area contributed by atoms with Crippen molar-refractivity contribution in [1.29, 1.82) is 0 Å². The van der Waals surface area contributed by atoms with Crippen molar-refractivity contribution in [3.8, 4) is 44.5 Å². The smallest absolute Gasteiger partial charge is 0.136 e. The molecule has 0 unspecified atom stereocenters. The first kappa shape index (κ1) is 15.6. The zero-order valence-corrected chi connectivity index (χ0v) is 25.4. The number of hydrogen-bond acceptors (Lipinski definition) is 1.